The number of hydrogen-bond acceptors (Lipinski definition) is 3. The van der Waals surface area contributed by atoms with Crippen molar-refractivity contribution in [2.45, 2.75) is 25.3 Å². The zero-order valence-corrected chi connectivity index (χ0v) is 8.59. The van der Waals surface area contributed by atoms with Crippen molar-refractivity contribution < 1.29 is 9.18 Å². The van der Waals surface area contributed by atoms with Crippen molar-refractivity contribution in [1.82, 2.24) is 10.3 Å². The molecule has 1 aliphatic heterocycles. The van der Waals surface area contributed by atoms with Crippen LogP contribution in [0.2, 0.25) is 0 Å². The van der Waals surface area contributed by atoms with Crippen LogP contribution in [0.4, 0.5) is 4.39 Å². The molecule has 0 aliphatic carbocycles. The minimum Gasteiger partial charge on any atom is -0.305 e. The predicted molar refractivity (Wildman–Crippen MR) is 54.2 cm³/mol. The van der Waals surface area contributed by atoms with Crippen molar-refractivity contribution in [2.75, 3.05) is 6.54 Å². The molecule has 1 aromatic heterocycles. The number of nitrogens with one attached hydrogen (secondary N) is 1. The van der Waals surface area contributed by atoms with Gasteiger partial charge in [0.05, 0.1) is 11.7 Å². The summed E-state index contributed by atoms with van der Waals surface area (Å²) in [7, 11) is 0. The van der Waals surface area contributed by atoms with E-state index in [1.807, 2.05) is 6.92 Å². The number of nitrogens with zero attached hydrogens (tertiary/aromatic N) is 1. The van der Waals surface area contributed by atoms with Crippen LogP contribution in [0.5, 0.6) is 0 Å². The third-order valence-corrected chi connectivity index (χ3v) is 2.84. The monoisotopic (exact) mass is 208 g/mol. The lowest BCUT2D eigenvalue weighted by atomic mass is 9.90. The number of Topliss-reactive ketones (excluding diaryl/α,β-unsaturated/α-hetero) is 1. The van der Waals surface area contributed by atoms with Crippen LogP contribution in [0.3, 0.4) is 0 Å². The Bertz CT molecular complexity index is 386. The Morgan fingerprint density at radius 3 is 3.00 bits per heavy atom. The second-order valence-corrected chi connectivity index (χ2v) is 4.08. The fourth-order valence-corrected chi connectivity index (χ4v) is 1.94. The summed E-state index contributed by atoms with van der Waals surface area (Å²) < 4.78 is 12.9. The van der Waals surface area contributed by atoms with Crippen molar-refractivity contribution in [1.29, 1.82) is 0 Å². The van der Waals surface area contributed by atoms with E-state index in [4.69, 9.17) is 0 Å². The summed E-state index contributed by atoms with van der Waals surface area (Å²) in [6, 6.07) is 1.24. The van der Waals surface area contributed by atoms with Crippen molar-refractivity contribution in [3.8, 4) is 0 Å². The lowest BCUT2D eigenvalue weighted by Gasteiger charge is -2.22. The molecule has 80 valence electrons. The maximum atomic E-state index is 12.9. The molecule has 0 saturated carbocycles. The van der Waals surface area contributed by atoms with Crippen molar-refractivity contribution in [3.63, 3.8) is 0 Å². The molecule has 1 unspecified atom stereocenters. The highest BCUT2D eigenvalue weighted by molar-refractivity contribution is 6.02. The van der Waals surface area contributed by atoms with Crippen molar-refractivity contribution in [2.24, 2.45) is 0 Å². The number of carbonyl (C=O) groups is 1. The highest BCUT2D eigenvalue weighted by Crippen LogP contribution is 2.23. The van der Waals surface area contributed by atoms with Gasteiger partial charge in [0.1, 0.15) is 5.82 Å². The smallest absolute Gasteiger partial charge is 0.184 e. The number of halogens is 1. The van der Waals surface area contributed by atoms with Gasteiger partial charge in [-0.25, -0.2) is 4.39 Å². The van der Waals surface area contributed by atoms with Gasteiger partial charge in [0.25, 0.3) is 0 Å². The molecule has 1 saturated heterocycles. The van der Waals surface area contributed by atoms with Crippen molar-refractivity contribution in [3.05, 3.63) is 29.8 Å². The van der Waals surface area contributed by atoms with E-state index in [1.165, 1.54) is 12.3 Å². The van der Waals surface area contributed by atoms with Gasteiger partial charge in [0, 0.05) is 11.8 Å². The topological polar surface area (TPSA) is 42.0 Å². The quantitative estimate of drug-likeness (QED) is 0.750. The largest absolute Gasteiger partial charge is 0.305 e. The summed E-state index contributed by atoms with van der Waals surface area (Å²) in [5.74, 6) is -0.547. The number of carbonyl (C=O) groups excluding carboxylic acids is 1. The fraction of sp³-hybridized carbons (Fsp3) is 0.455. The Balaban J connectivity index is 2.27. The summed E-state index contributed by atoms with van der Waals surface area (Å²) in [6.45, 7) is 2.69. The average Bonchev–Trinajstić information content (AvgIpc) is 2.65. The van der Waals surface area contributed by atoms with Gasteiger partial charge >= 0.3 is 0 Å². The van der Waals surface area contributed by atoms with E-state index in [-0.39, 0.29) is 5.78 Å². The molecule has 0 spiro atoms. The van der Waals surface area contributed by atoms with Crippen LogP contribution in [0.25, 0.3) is 0 Å². The van der Waals surface area contributed by atoms with Crippen molar-refractivity contribution >= 4 is 5.78 Å². The Morgan fingerprint density at radius 1 is 1.60 bits per heavy atom. The molecule has 0 aromatic carbocycles. The SMILES string of the molecule is CC1(C(=O)c2cncc(F)c2)CCCN1. The molecule has 0 radical (unpaired) electrons. The zero-order chi connectivity index (χ0) is 10.9. The average molecular weight is 208 g/mol. The number of hydrogen-bond donors (Lipinski definition) is 1. The van der Waals surface area contributed by atoms with Crippen LogP contribution in [-0.4, -0.2) is 22.9 Å². The Kier molecular flexibility index (Phi) is 2.52. The van der Waals surface area contributed by atoms with E-state index >= 15 is 0 Å². The molecule has 2 rings (SSSR count). The van der Waals surface area contributed by atoms with Crippen LogP contribution in [0, 0.1) is 5.82 Å². The van der Waals surface area contributed by atoms with Crippen LogP contribution in [0.1, 0.15) is 30.1 Å². The zero-order valence-electron chi connectivity index (χ0n) is 8.59. The first-order chi connectivity index (χ1) is 7.12. The third-order valence-electron chi connectivity index (χ3n) is 2.84. The maximum absolute atomic E-state index is 12.9. The van der Waals surface area contributed by atoms with E-state index in [9.17, 15) is 9.18 Å². The number of pyridine rings is 1. The molecule has 2 heterocycles. The van der Waals surface area contributed by atoms with Crippen LogP contribution >= 0.6 is 0 Å². The summed E-state index contributed by atoms with van der Waals surface area (Å²) in [6.07, 6.45) is 4.28. The molecule has 0 amide bonds. The van der Waals surface area contributed by atoms with Crippen LogP contribution in [-0.2, 0) is 0 Å². The summed E-state index contributed by atoms with van der Waals surface area (Å²) >= 11 is 0. The first-order valence-electron chi connectivity index (χ1n) is 5.02. The number of rotatable bonds is 2. The van der Waals surface area contributed by atoms with Gasteiger partial charge in [0.2, 0.25) is 0 Å². The van der Waals surface area contributed by atoms with Gasteiger partial charge in [-0.2, -0.15) is 0 Å². The minimum atomic E-state index is -0.546. The van der Waals surface area contributed by atoms with E-state index < -0.39 is 11.4 Å². The first-order valence-corrected chi connectivity index (χ1v) is 5.02. The molecule has 4 heteroatoms. The lowest BCUT2D eigenvalue weighted by molar-refractivity contribution is 0.0883. The lowest BCUT2D eigenvalue weighted by Crippen LogP contribution is -2.44. The molecule has 0 bridgehead atoms. The van der Waals surface area contributed by atoms with Gasteiger partial charge in [-0.1, -0.05) is 0 Å². The summed E-state index contributed by atoms with van der Waals surface area (Å²) in [5.41, 5.74) is -0.206. The minimum absolute atomic E-state index is 0.0769. The Hall–Kier alpha value is -1.29. The fourth-order valence-electron chi connectivity index (χ4n) is 1.94. The molecule has 3 nitrogen and oxygen atoms in total. The molecule has 1 aromatic rings. The van der Waals surface area contributed by atoms with Gasteiger partial charge in [0.15, 0.2) is 5.78 Å². The second-order valence-electron chi connectivity index (χ2n) is 4.08. The molecule has 1 N–H and O–H groups in total. The standard InChI is InChI=1S/C11H13FN2O/c1-11(3-2-4-14-11)10(15)8-5-9(12)7-13-6-8/h5-7,14H,2-4H2,1H3. The number of ketones is 1. The van der Waals surface area contributed by atoms with Crippen LogP contribution in [0.15, 0.2) is 18.5 Å². The van der Waals surface area contributed by atoms with Crippen LogP contribution < -0.4 is 5.32 Å². The summed E-state index contributed by atoms with van der Waals surface area (Å²) in [5, 5.41) is 3.15. The van der Waals surface area contributed by atoms with Gasteiger partial charge < -0.3 is 5.32 Å². The van der Waals surface area contributed by atoms with E-state index in [0.29, 0.717) is 5.56 Å². The molecule has 1 fully saturated rings. The van der Waals surface area contributed by atoms with Gasteiger partial charge in [-0.15, -0.1) is 0 Å². The van der Waals surface area contributed by atoms with E-state index in [0.717, 1.165) is 25.6 Å². The van der Waals surface area contributed by atoms with E-state index in [1.54, 1.807) is 0 Å². The van der Waals surface area contributed by atoms with E-state index in [2.05, 4.69) is 10.3 Å². The Labute approximate surface area is 87.7 Å². The molecule has 1 aliphatic rings. The predicted octanol–water partition coefficient (Wildman–Crippen LogP) is 1.55. The normalized spacial score (nSPS) is 25.5. The molecule has 15 heavy (non-hydrogen) atoms. The van der Waals surface area contributed by atoms with Gasteiger partial charge in [-0.3, -0.25) is 9.78 Å². The van der Waals surface area contributed by atoms with Gasteiger partial charge in [-0.05, 0) is 32.4 Å². The Morgan fingerprint density at radius 2 is 2.40 bits per heavy atom. The molecular weight excluding hydrogens is 195 g/mol. The summed E-state index contributed by atoms with van der Waals surface area (Å²) in [4.78, 5) is 15.7. The second kappa shape index (κ2) is 3.70. The maximum Gasteiger partial charge on any atom is 0.184 e. The third kappa shape index (κ3) is 1.90. The first kappa shape index (κ1) is 10.2. The molecule has 1 atom stereocenters. The highest BCUT2D eigenvalue weighted by Gasteiger charge is 2.36. The number of aromatic nitrogens is 1. The highest BCUT2D eigenvalue weighted by atomic mass is 19.1. The molecular formula is C11H13FN2O.